The third-order valence-corrected chi connectivity index (χ3v) is 1.93. The number of hydrogen-bond donors (Lipinski definition) is 2. The van der Waals surface area contributed by atoms with E-state index < -0.39 is 0 Å². The molecule has 0 spiro atoms. The van der Waals surface area contributed by atoms with Gasteiger partial charge < -0.3 is 15.8 Å². The molecule has 0 heterocycles. The molecule has 0 radical (unpaired) electrons. The second-order valence-corrected chi connectivity index (χ2v) is 3.13. The van der Waals surface area contributed by atoms with Crippen LogP contribution in [0.1, 0.15) is 6.92 Å². The van der Waals surface area contributed by atoms with E-state index in [2.05, 4.69) is 27.9 Å². The minimum absolute atomic E-state index is 0.625. The minimum atomic E-state index is 0.625. The summed E-state index contributed by atoms with van der Waals surface area (Å²) in [6.45, 7) is 2.87. The van der Waals surface area contributed by atoms with E-state index >= 15 is 0 Å². The van der Waals surface area contributed by atoms with Crippen LogP contribution in [0.25, 0.3) is 0 Å². The molecule has 0 aliphatic heterocycles. The molecule has 1 aromatic rings. The molecule has 0 saturated carbocycles. The second-order valence-electron chi connectivity index (χ2n) is 2.50. The lowest BCUT2D eigenvalue weighted by atomic mass is 10.2. The number of ether oxygens (including phenoxy) is 1. The summed E-state index contributed by atoms with van der Waals surface area (Å²) in [6, 6.07) is 5.66. The Kier molecular flexibility index (Phi) is 4.14. The van der Waals surface area contributed by atoms with Gasteiger partial charge in [0.1, 0.15) is 16.1 Å². The van der Waals surface area contributed by atoms with Crippen LogP contribution >= 0.6 is 22.6 Å². The Labute approximate surface area is 91.8 Å². The number of benzene rings is 1. The van der Waals surface area contributed by atoms with Crippen LogP contribution in [0.4, 0.5) is 11.4 Å². The molecule has 3 nitrogen and oxygen atoms in total. The fraction of sp³-hybridized carbons (Fsp3) is 0.333. The molecule has 13 heavy (non-hydrogen) atoms. The first-order valence-electron chi connectivity index (χ1n) is 4.10. The monoisotopic (exact) mass is 292 g/mol. The summed E-state index contributed by atoms with van der Waals surface area (Å²) >= 11 is 2.16. The maximum absolute atomic E-state index is 5.79. The molecule has 0 unspecified atom stereocenters. The van der Waals surface area contributed by atoms with Crippen LogP contribution in [-0.4, -0.2) is 11.2 Å². The Bertz CT molecular complexity index is 278. The molecule has 0 aliphatic carbocycles. The lowest BCUT2D eigenvalue weighted by Crippen LogP contribution is -2.03. The molecule has 72 valence electrons. The van der Waals surface area contributed by atoms with Crippen molar-refractivity contribution in [2.24, 2.45) is 0 Å². The number of nitrogen functional groups attached to an aromatic ring is 1. The Morgan fingerprint density at radius 1 is 1.54 bits per heavy atom. The molecule has 0 saturated heterocycles. The van der Waals surface area contributed by atoms with Gasteiger partial charge >= 0.3 is 0 Å². The van der Waals surface area contributed by atoms with Crippen LogP contribution < -0.4 is 15.8 Å². The van der Waals surface area contributed by atoms with Gasteiger partial charge in [-0.25, -0.2) is 0 Å². The summed E-state index contributed by atoms with van der Waals surface area (Å²) in [5, 5.41) is 3.18. The molecular weight excluding hydrogens is 279 g/mol. The Morgan fingerprint density at radius 3 is 2.92 bits per heavy atom. The number of anilines is 2. The summed E-state index contributed by atoms with van der Waals surface area (Å²) < 4.78 is 6.04. The number of nitrogens with two attached hydrogens (primary N) is 1. The van der Waals surface area contributed by atoms with E-state index in [1.807, 2.05) is 25.1 Å². The standard InChI is InChI=1S/C9H13IN2O/c1-2-12-9-7(11)4-3-5-8(9)13-6-10/h3-5,12H,2,6,11H2,1H3. The third-order valence-electron chi connectivity index (χ3n) is 1.62. The molecule has 0 aromatic heterocycles. The van der Waals surface area contributed by atoms with Gasteiger partial charge in [-0.3, -0.25) is 0 Å². The molecule has 0 bridgehead atoms. The zero-order chi connectivity index (χ0) is 9.68. The predicted molar refractivity (Wildman–Crippen MR) is 64.5 cm³/mol. The maximum atomic E-state index is 5.79. The smallest absolute Gasteiger partial charge is 0.145 e. The van der Waals surface area contributed by atoms with Crippen molar-refractivity contribution in [3.63, 3.8) is 0 Å². The van der Waals surface area contributed by atoms with E-state index in [1.54, 1.807) is 0 Å². The van der Waals surface area contributed by atoms with E-state index in [1.165, 1.54) is 0 Å². The molecule has 4 heteroatoms. The fourth-order valence-electron chi connectivity index (χ4n) is 1.09. The van der Waals surface area contributed by atoms with Crippen molar-refractivity contribution in [3.05, 3.63) is 18.2 Å². The van der Waals surface area contributed by atoms with Gasteiger partial charge in [0.2, 0.25) is 0 Å². The van der Waals surface area contributed by atoms with Gasteiger partial charge in [-0.05, 0) is 41.6 Å². The number of para-hydroxylation sites is 1. The lowest BCUT2D eigenvalue weighted by Gasteiger charge is -2.12. The van der Waals surface area contributed by atoms with Crippen molar-refractivity contribution in [1.82, 2.24) is 0 Å². The lowest BCUT2D eigenvalue weighted by molar-refractivity contribution is 0.406. The molecule has 0 fully saturated rings. The van der Waals surface area contributed by atoms with Crippen molar-refractivity contribution < 1.29 is 4.74 Å². The highest BCUT2D eigenvalue weighted by Crippen LogP contribution is 2.30. The van der Waals surface area contributed by atoms with Gasteiger partial charge in [0.25, 0.3) is 0 Å². The fourth-order valence-corrected chi connectivity index (χ4v) is 1.43. The van der Waals surface area contributed by atoms with Crippen LogP contribution in [-0.2, 0) is 0 Å². The number of nitrogens with one attached hydrogen (secondary N) is 1. The van der Waals surface area contributed by atoms with Gasteiger partial charge in [0.15, 0.2) is 0 Å². The first-order chi connectivity index (χ1) is 6.29. The molecule has 1 rings (SSSR count). The van der Waals surface area contributed by atoms with Crippen molar-refractivity contribution in [1.29, 1.82) is 0 Å². The highest BCUT2D eigenvalue weighted by Gasteiger charge is 2.04. The van der Waals surface area contributed by atoms with Gasteiger partial charge in [0.05, 0.1) is 5.69 Å². The van der Waals surface area contributed by atoms with E-state index in [9.17, 15) is 0 Å². The van der Waals surface area contributed by atoms with Crippen LogP contribution in [0.15, 0.2) is 18.2 Å². The van der Waals surface area contributed by atoms with Gasteiger partial charge in [-0.1, -0.05) is 6.07 Å². The van der Waals surface area contributed by atoms with Gasteiger partial charge in [-0.15, -0.1) is 0 Å². The molecule has 0 atom stereocenters. The van der Waals surface area contributed by atoms with E-state index in [4.69, 9.17) is 10.5 Å². The number of alkyl halides is 1. The van der Waals surface area contributed by atoms with Crippen molar-refractivity contribution >= 4 is 34.0 Å². The highest BCUT2D eigenvalue weighted by atomic mass is 127. The zero-order valence-electron chi connectivity index (χ0n) is 7.51. The SMILES string of the molecule is CCNc1c(N)cccc1OCI. The predicted octanol–water partition coefficient (Wildman–Crippen LogP) is 2.47. The van der Waals surface area contributed by atoms with E-state index in [0.29, 0.717) is 4.61 Å². The zero-order valence-corrected chi connectivity index (χ0v) is 9.67. The summed E-state index contributed by atoms with van der Waals surface area (Å²) in [6.07, 6.45) is 0. The van der Waals surface area contributed by atoms with Crippen LogP contribution in [0.3, 0.4) is 0 Å². The van der Waals surface area contributed by atoms with Crippen LogP contribution in [0, 0.1) is 0 Å². The molecule has 1 aromatic carbocycles. The van der Waals surface area contributed by atoms with Gasteiger partial charge in [0, 0.05) is 6.54 Å². The van der Waals surface area contributed by atoms with Crippen molar-refractivity contribution in [2.45, 2.75) is 6.92 Å². The largest absolute Gasteiger partial charge is 0.481 e. The van der Waals surface area contributed by atoms with E-state index in [0.717, 1.165) is 23.7 Å². The Balaban J connectivity index is 2.95. The highest BCUT2D eigenvalue weighted by molar-refractivity contribution is 14.1. The Morgan fingerprint density at radius 2 is 2.31 bits per heavy atom. The van der Waals surface area contributed by atoms with Crippen LogP contribution in [0.2, 0.25) is 0 Å². The first-order valence-corrected chi connectivity index (χ1v) is 5.63. The van der Waals surface area contributed by atoms with E-state index in [-0.39, 0.29) is 0 Å². The average molecular weight is 292 g/mol. The molecule has 0 amide bonds. The Hall–Kier alpha value is -0.650. The van der Waals surface area contributed by atoms with Crippen molar-refractivity contribution in [3.8, 4) is 5.75 Å². The summed E-state index contributed by atoms with van der Waals surface area (Å²) in [5.41, 5.74) is 7.41. The minimum Gasteiger partial charge on any atom is -0.481 e. The maximum Gasteiger partial charge on any atom is 0.145 e. The quantitative estimate of drug-likeness (QED) is 0.509. The molecular formula is C9H13IN2O. The molecule has 0 aliphatic rings. The average Bonchev–Trinajstić information content (AvgIpc) is 2.11. The number of hydrogen-bond acceptors (Lipinski definition) is 3. The molecule has 3 N–H and O–H groups in total. The summed E-state index contributed by atoms with van der Waals surface area (Å²) in [7, 11) is 0. The second kappa shape index (κ2) is 5.16. The summed E-state index contributed by atoms with van der Waals surface area (Å²) in [4.78, 5) is 0. The topological polar surface area (TPSA) is 47.3 Å². The first kappa shape index (κ1) is 10.4. The number of rotatable bonds is 4. The number of halogens is 1. The van der Waals surface area contributed by atoms with Crippen LogP contribution in [0.5, 0.6) is 5.75 Å². The van der Waals surface area contributed by atoms with Gasteiger partial charge in [-0.2, -0.15) is 0 Å². The van der Waals surface area contributed by atoms with Crippen molar-refractivity contribution in [2.75, 3.05) is 22.2 Å². The summed E-state index contributed by atoms with van der Waals surface area (Å²) in [5.74, 6) is 0.816. The normalized spacial score (nSPS) is 9.69. The third kappa shape index (κ3) is 2.65.